The molecule has 0 aromatic carbocycles. The van der Waals surface area contributed by atoms with E-state index in [-0.39, 0.29) is 0 Å². The molecule has 1 aliphatic rings. The number of ether oxygens (including phenoxy) is 1. The van der Waals surface area contributed by atoms with Crippen molar-refractivity contribution in [3.63, 3.8) is 0 Å². The van der Waals surface area contributed by atoms with Crippen molar-refractivity contribution >= 4 is 0 Å². The molecule has 6 nitrogen and oxygen atoms in total. The summed E-state index contributed by atoms with van der Waals surface area (Å²) >= 11 is 0. The standard InChI is InChI=1S/C6H12O6/c7-1-2(8)5-3(9)4(10)6(11)12-5/h2-11H,1H2/t2-,3?,4-,5-,6-/m1/s1. The minimum absolute atomic E-state index is 0.596. The third-order valence-corrected chi connectivity index (χ3v) is 1.84. The molecule has 0 saturated carbocycles. The fourth-order valence-corrected chi connectivity index (χ4v) is 1.11. The molecule has 1 saturated heterocycles. The molecule has 1 unspecified atom stereocenters. The summed E-state index contributed by atoms with van der Waals surface area (Å²) in [6, 6.07) is 0. The van der Waals surface area contributed by atoms with Crippen LogP contribution in [-0.2, 0) is 4.74 Å². The van der Waals surface area contributed by atoms with Crippen molar-refractivity contribution in [1.29, 1.82) is 0 Å². The van der Waals surface area contributed by atoms with E-state index in [4.69, 9.17) is 25.5 Å². The second-order valence-corrected chi connectivity index (χ2v) is 2.72. The molecule has 5 N–H and O–H groups in total. The van der Waals surface area contributed by atoms with E-state index in [0.29, 0.717) is 0 Å². The van der Waals surface area contributed by atoms with Gasteiger partial charge < -0.3 is 30.3 Å². The maximum Gasteiger partial charge on any atom is 0.184 e. The minimum atomic E-state index is -1.51. The van der Waals surface area contributed by atoms with Crippen molar-refractivity contribution < 1.29 is 30.3 Å². The van der Waals surface area contributed by atoms with Crippen molar-refractivity contribution in [1.82, 2.24) is 0 Å². The highest BCUT2D eigenvalue weighted by Gasteiger charge is 2.44. The van der Waals surface area contributed by atoms with Crippen LogP contribution in [0.25, 0.3) is 0 Å². The smallest absolute Gasteiger partial charge is 0.184 e. The Kier molecular flexibility index (Phi) is 2.99. The van der Waals surface area contributed by atoms with E-state index in [2.05, 4.69) is 4.74 Å². The molecule has 1 aliphatic heterocycles. The maximum atomic E-state index is 9.12. The molecule has 0 spiro atoms. The minimum Gasteiger partial charge on any atom is -0.394 e. The molecule has 0 aromatic heterocycles. The molecule has 0 aliphatic carbocycles. The van der Waals surface area contributed by atoms with Crippen LogP contribution in [0.3, 0.4) is 0 Å². The molecule has 0 amide bonds. The summed E-state index contributed by atoms with van der Waals surface area (Å²) in [5, 5.41) is 44.4. The molecule has 12 heavy (non-hydrogen) atoms. The van der Waals surface area contributed by atoms with Gasteiger partial charge in [-0.2, -0.15) is 0 Å². The Morgan fingerprint density at radius 1 is 1.17 bits per heavy atom. The Balaban J connectivity index is 2.58. The molecule has 0 radical (unpaired) electrons. The van der Waals surface area contributed by atoms with Gasteiger partial charge in [0, 0.05) is 0 Å². The Morgan fingerprint density at radius 3 is 2.08 bits per heavy atom. The van der Waals surface area contributed by atoms with Gasteiger partial charge in [-0.05, 0) is 0 Å². The maximum absolute atomic E-state index is 9.12. The average Bonchev–Trinajstić information content (AvgIpc) is 2.32. The molecular formula is C6H12O6. The number of hydrogen-bond donors (Lipinski definition) is 5. The van der Waals surface area contributed by atoms with Crippen LogP contribution in [0.4, 0.5) is 0 Å². The third kappa shape index (κ3) is 1.58. The molecule has 1 heterocycles. The fourth-order valence-electron chi connectivity index (χ4n) is 1.11. The highest BCUT2D eigenvalue weighted by molar-refractivity contribution is 4.89. The predicted octanol–water partition coefficient (Wildman–Crippen LogP) is -3.22. The van der Waals surface area contributed by atoms with Crippen molar-refractivity contribution in [3.8, 4) is 0 Å². The Labute approximate surface area is 68.6 Å². The van der Waals surface area contributed by atoms with Crippen LogP contribution in [0.15, 0.2) is 0 Å². The van der Waals surface area contributed by atoms with Gasteiger partial charge in [0.05, 0.1) is 6.61 Å². The summed E-state index contributed by atoms with van der Waals surface area (Å²) in [5.41, 5.74) is 0. The largest absolute Gasteiger partial charge is 0.394 e. The van der Waals surface area contributed by atoms with Gasteiger partial charge in [-0.25, -0.2) is 0 Å². The van der Waals surface area contributed by atoms with E-state index in [9.17, 15) is 0 Å². The average molecular weight is 180 g/mol. The summed E-state index contributed by atoms with van der Waals surface area (Å²) in [6.07, 6.45) is -6.75. The van der Waals surface area contributed by atoms with E-state index in [1.807, 2.05) is 0 Å². The van der Waals surface area contributed by atoms with E-state index in [1.54, 1.807) is 0 Å². The van der Waals surface area contributed by atoms with Gasteiger partial charge in [0.15, 0.2) is 6.29 Å². The van der Waals surface area contributed by atoms with Crippen LogP contribution < -0.4 is 0 Å². The number of aliphatic hydroxyl groups is 5. The first-order valence-corrected chi connectivity index (χ1v) is 3.56. The lowest BCUT2D eigenvalue weighted by molar-refractivity contribution is -0.150. The van der Waals surface area contributed by atoms with Gasteiger partial charge in [-0.15, -0.1) is 0 Å². The van der Waals surface area contributed by atoms with Crippen molar-refractivity contribution in [2.75, 3.05) is 6.61 Å². The number of rotatable bonds is 2. The first-order chi connectivity index (χ1) is 5.57. The van der Waals surface area contributed by atoms with Crippen molar-refractivity contribution in [3.05, 3.63) is 0 Å². The predicted molar refractivity (Wildman–Crippen MR) is 36.0 cm³/mol. The van der Waals surface area contributed by atoms with Gasteiger partial charge >= 0.3 is 0 Å². The van der Waals surface area contributed by atoms with Crippen LogP contribution >= 0.6 is 0 Å². The van der Waals surface area contributed by atoms with Crippen molar-refractivity contribution in [2.45, 2.75) is 30.7 Å². The monoisotopic (exact) mass is 180 g/mol. The van der Waals surface area contributed by atoms with Crippen molar-refractivity contribution in [2.24, 2.45) is 0 Å². The van der Waals surface area contributed by atoms with Crippen LogP contribution in [0, 0.1) is 0 Å². The lowest BCUT2D eigenvalue weighted by atomic mass is 10.1. The zero-order valence-electron chi connectivity index (χ0n) is 6.24. The quantitative estimate of drug-likeness (QED) is 0.306. The first-order valence-electron chi connectivity index (χ1n) is 3.56. The molecular weight excluding hydrogens is 168 g/mol. The summed E-state index contributed by atoms with van der Waals surface area (Å²) in [7, 11) is 0. The van der Waals surface area contributed by atoms with Crippen LogP contribution in [-0.4, -0.2) is 62.8 Å². The summed E-state index contributed by atoms with van der Waals surface area (Å²) in [6.45, 7) is -0.596. The summed E-state index contributed by atoms with van der Waals surface area (Å²) < 4.78 is 4.58. The normalized spacial score (nSPS) is 44.8. The highest BCUT2D eigenvalue weighted by Crippen LogP contribution is 2.21. The zero-order chi connectivity index (χ0) is 9.30. The highest BCUT2D eigenvalue weighted by atomic mass is 16.6. The molecule has 72 valence electrons. The SMILES string of the molecule is OC[C@@H](O)[C@H]1O[C@@H](O)[C@H](O)C1O. The zero-order valence-corrected chi connectivity index (χ0v) is 6.24. The van der Waals surface area contributed by atoms with Gasteiger partial charge in [0.2, 0.25) is 0 Å². The summed E-state index contributed by atoms with van der Waals surface area (Å²) in [4.78, 5) is 0. The van der Waals surface area contributed by atoms with E-state index in [1.165, 1.54) is 0 Å². The van der Waals surface area contributed by atoms with Crippen LogP contribution in [0.2, 0.25) is 0 Å². The Morgan fingerprint density at radius 2 is 1.75 bits per heavy atom. The lowest BCUT2D eigenvalue weighted by Crippen LogP contribution is -2.40. The summed E-state index contributed by atoms with van der Waals surface area (Å²) in [5.74, 6) is 0. The van der Waals surface area contributed by atoms with E-state index < -0.39 is 37.3 Å². The molecule has 1 fully saturated rings. The first kappa shape index (κ1) is 9.85. The molecule has 0 bridgehead atoms. The second kappa shape index (κ2) is 3.65. The van der Waals surface area contributed by atoms with Crippen LogP contribution in [0.5, 0.6) is 0 Å². The molecule has 5 atom stereocenters. The van der Waals surface area contributed by atoms with Gasteiger partial charge in [0.25, 0.3) is 0 Å². The van der Waals surface area contributed by atoms with Gasteiger partial charge in [-0.1, -0.05) is 0 Å². The molecule has 0 aromatic rings. The van der Waals surface area contributed by atoms with E-state index in [0.717, 1.165) is 0 Å². The molecule has 6 heteroatoms. The lowest BCUT2D eigenvalue weighted by Gasteiger charge is -2.18. The van der Waals surface area contributed by atoms with Crippen LogP contribution in [0.1, 0.15) is 0 Å². The number of hydrogen-bond acceptors (Lipinski definition) is 6. The second-order valence-electron chi connectivity index (χ2n) is 2.72. The van der Waals surface area contributed by atoms with E-state index >= 15 is 0 Å². The topological polar surface area (TPSA) is 110 Å². The Bertz CT molecular complexity index is 151. The Hall–Kier alpha value is -0.240. The third-order valence-electron chi connectivity index (χ3n) is 1.84. The van der Waals surface area contributed by atoms with Gasteiger partial charge in [0.1, 0.15) is 24.4 Å². The fraction of sp³-hybridized carbons (Fsp3) is 1.00. The van der Waals surface area contributed by atoms with Gasteiger partial charge in [-0.3, -0.25) is 0 Å². The molecule has 1 rings (SSSR count). The number of aliphatic hydroxyl groups excluding tert-OH is 5.